The van der Waals surface area contributed by atoms with E-state index in [0.29, 0.717) is 12.1 Å². The molecule has 0 bridgehead atoms. The van der Waals surface area contributed by atoms with Gasteiger partial charge in [0, 0.05) is 13.0 Å². The number of sulfone groups is 1. The van der Waals surface area contributed by atoms with Crippen LogP contribution in [-0.4, -0.2) is 40.7 Å². The highest BCUT2D eigenvalue weighted by Gasteiger charge is 2.34. The van der Waals surface area contributed by atoms with Crippen LogP contribution in [0.3, 0.4) is 0 Å². The van der Waals surface area contributed by atoms with E-state index in [4.69, 9.17) is 0 Å². The van der Waals surface area contributed by atoms with E-state index < -0.39 is 15.8 Å². The summed E-state index contributed by atoms with van der Waals surface area (Å²) >= 11 is 0. The van der Waals surface area contributed by atoms with Crippen molar-refractivity contribution < 1.29 is 13.2 Å². The van der Waals surface area contributed by atoms with E-state index in [0.717, 1.165) is 0 Å². The van der Waals surface area contributed by atoms with Crippen molar-refractivity contribution in [3.05, 3.63) is 11.9 Å². The third-order valence-electron chi connectivity index (χ3n) is 2.57. The molecule has 0 aliphatic carbocycles. The van der Waals surface area contributed by atoms with Crippen LogP contribution < -0.4 is 0 Å². The lowest BCUT2D eigenvalue weighted by molar-refractivity contribution is 0.0923. The fraction of sp³-hybridized carbons (Fsp3) is 0.625. The van der Waals surface area contributed by atoms with Crippen LogP contribution in [0.15, 0.2) is 6.20 Å². The Hall–Kier alpha value is -1.24. The van der Waals surface area contributed by atoms with Gasteiger partial charge in [-0.3, -0.25) is 4.79 Å². The van der Waals surface area contributed by atoms with Gasteiger partial charge in [0.25, 0.3) is 0 Å². The van der Waals surface area contributed by atoms with Gasteiger partial charge in [-0.1, -0.05) is 5.21 Å². The third-order valence-corrected chi connectivity index (χ3v) is 4.34. The first-order chi connectivity index (χ1) is 6.99. The molecule has 0 saturated carbocycles. The van der Waals surface area contributed by atoms with Gasteiger partial charge >= 0.3 is 0 Å². The van der Waals surface area contributed by atoms with Crippen molar-refractivity contribution in [2.45, 2.75) is 6.42 Å². The van der Waals surface area contributed by atoms with Gasteiger partial charge in [-0.25, -0.2) is 13.1 Å². The number of hydrogen-bond donors (Lipinski definition) is 0. The Bertz CT molecular complexity index is 491. The van der Waals surface area contributed by atoms with E-state index >= 15 is 0 Å². The van der Waals surface area contributed by atoms with Crippen LogP contribution in [0.1, 0.15) is 16.9 Å². The van der Waals surface area contributed by atoms with E-state index in [-0.39, 0.29) is 17.3 Å². The second-order valence-corrected chi connectivity index (χ2v) is 5.94. The summed E-state index contributed by atoms with van der Waals surface area (Å²) in [4.78, 5) is 11.9. The maximum atomic E-state index is 11.9. The zero-order valence-corrected chi connectivity index (χ0v) is 9.07. The second kappa shape index (κ2) is 3.41. The van der Waals surface area contributed by atoms with E-state index in [1.807, 2.05) is 0 Å². The quantitative estimate of drug-likeness (QED) is 0.634. The van der Waals surface area contributed by atoms with Crippen LogP contribution in [0, 0.1) is 5.92 Å². The van der Waals surface area contributed by atoms with Crippen LogP contribution in [0.25, 0.3) is 0 Å². The molecule has 1 aliphatic heterocycles. The predicted octanol–water partition coefficient (Wildman–Crippen LogP) is -0.567. The molecule has 7 heteroatoms. The number of rotatable bonds is 2. The molecule has 1 aliphatic rings. The molecule has 0 N–H and O–H groups in total. The van der Waals surface area contributed by atoms with E-state index in [1.165, 1.54) is 10.9 Å². The molecule has 1 aromatic rings. The monoisotopic (exact) mass is 229 g/mol. The molecule has 2 rings (SSSR count). The number of Topliss-reactive ketones (excluding diaryl/α,β-unsaturated/α-hetero) is 1. The maximum absolute atomic E-state index is 11.9. The first-order valence-corrected chi connectivity index (χ1v) is 6.41. The second-order valence-electron chi connectivity index (χ2n) is 3.71. The SMILES string of the molecule is Cn1nncc1C(=O)C1CCS(=O)(=O)C1. The largest absolute Gasteiger partial charge is 0.292 e. The number of ketones is 1. The minimum absolute atomic E-state index is 0.0446. The summed E-state index contributed by atoms with van der Waals surface area (Å²) in [5, 5.41) is 7.24. The van der Waals surface area contributed by atoms with Gasteiger partial charge in [-0.15, -0.1) is 5.10 Å². The molecule has 15 heavy (non-hydrogen) atoms. The van der Waals surface area contributed by atoms with Crippen LogP contribution >= 0.6 is 0 Å². The Morgan fingerprint density at radius 1 is 1.60 bits per heavy atom. The maximum Gasteiger partial charge on any atom is 0.186 e. The standard InChI is InChI=1S/C8H11N3O3S/c1-11-7(4-9-10-11)8(12)6-2-3-15(13,14)5-6/h4,6H,2-3,5H2,1H3. The minimum atomic E-state index is -3.02. The fourth-order valence-corrected chi connectivity index (χ4v) is 3.47. The highest BCUT2D eigenvalue weighted by Crippen LogP contribution is 2.21. The molecule has 0 spiro atoms. The Balaban J connectivity index is 2.21. The number of nitrogens with zero attached hydrogens (tertiary/aromatic N) is 3. The molecule has 1 atom stereocenters. The summed E-state index contributed by atoms with van der Waals surface area (Å²) < 4.78 is 23.8. The Morgan fingerprint density at radius 2 is 2.33 bits per heavy atom. The molecule has 1 saturated heterocycles. The Labute approximate surface area is 87.2 Å². The number of carbonyl (C=O) groups is 1. The van der Waals surface area contributed by atoms with Crippen molar-refractivity contribution in [3.8, 4) is 0 Å². The van der Waals surface area contributed by atoms with E-state index in [2.05, 4.69) is 10.3 Å². The highest BCUT2D eigenvalue weighted by atomic mass is 32.2. The molecule has 82 valence electrons. The zero-order chi connectivity index (χ0) is 11.1. The van der Waals surface area contributed by atoms with Crippen LogP contribution in [-0.2, 0) is 16.9 Å². The molecule has 2 heterocycles. The van der Waals surface area contributed by atoms with Gasteiger partial charge < -0.3 is 0 Å². The molecule has 0 aromatic carbocycles. The summed E-state index contributed by atoms with van der Waals surface area (Å²) in [6, 6.07) is 0. The lowest BCUT2D eigenvalue weighted by atomic mass is 10.0. The molecule has 6 nitrogen and oxygen atoms in total. The average Bonchev–Trinajstić information content (AvgIpc) is 2.71. The summed E-state index contributed by atoms with van der Waals surface area (Å²) in [5.74, 6) is -0.540. The zero-order valence-electron chi connectivity index (χ0n) is 8.25. The van der Waals surface area contributed by atoms with Crippen molar-refractivity contribution in [3.63, 3.8) is 0 Å². The first kappa shape index (κ1) is 10.3. The Morgan fingerprint density at radius 3 is 2.80 bits per heavy atom. The summed E-state index contributed by atoms with van der Waals surface area (Å²) in [7, 11) is -1.40. The summed E-state index contributed by atoms with van der Waals surface area (Å²) in [6.45, 7) is 0. The first-order valence-electron chi connectivity index (χ1n) is 4.59. The van der Waals surface area contributed by atoms with Crippen molar-refractivity contribution in [1.82, 2.24) is 15.0 Å². The van der Waals surface area contributed by atoms with Gasteiger partial charge in [0.1, 0.15) is 5.69 Å². The number of aryl methyl sites for hydroxylation is 1. The Kier molecular flexibility index (Phi) is 2.34. The number of hydrogen-bond acceptors (Lipinski definition) is 5. The third kappa shape index (κ3) is 1.92. The van der Waals surface area contributed by atoms with Gasteiger partial charge in [0.05, 0.1) is 17.7 Å². The smallest absolute Gasteiger partial charge is 0.186 e. The van der Waals surface area contributed by atoms with Gasteiger partial charge in [0.2, 0.25) is 0 Å². The highest BCUT2D eigenvalue weighted by molar-refractivity contribution is 7.91. The van der Waals surface area contributed by atoms with Crippen molar-refractivity contribution in [1.29, 1.82) is 0 Å². The molecule has 0 amide bonds. The molecular weight excluding hydrogens is 218 g/mol. The number of aromatic nitrogens is 3. The summed E-state index contributed by atoms with van der Waals surface area (Å²) in [6.07, 6.45) is 1.78. The van der Waals surface area contributed by atoms with Crippen LogP contribution in [0.4, 0.5) is 0 Å². The van der Waals surface area contributed by atoms with Gasteiger partial charge in [-0.05, 0) is 6.42 Å². The topological polar surface area (TPSA) is 81.9 Å². The molecule has 1 fully saturated rings. The molecule has 1 unspecified atom stereocenters. The van der Waals surface area contributed by atoms with Gasteiger partial charge in [0.15, 0.2) is 15.6 Å². The number of carbonyl (C=O) groups excluding carboxylic acids is 1. The summed E-state index contributed by atoms with van der Waals surface area (Å²) in [5.41, 5.74) is 0.372. The lowest BCUT2D eigenvalue weighted by Gasteiger charge is -2.04. The van der Waals surface area contributed by atoms with E-state index in [9.17, 15) is 13.2 Å². The molecule has 0 radical (unpaired) electrons. The lowest BCUT2D eigenvalue weighted by Crippen LogP contribution is -2.19. The van der Waals surface area contributed by atoms with Crippen LogP contribution in [0.5, 0.6) is 0 Å². The van der Waals surface area contributed by atoms with Crippen molar-refractivity contribution in [2.75, 3.05) is 11.5 Å². The van der Waals surface area contributed by atoms with Crippen LogP contribution in [0.2, 0.25) is 0 Å². The fourth-order valence-electron chi connectivity index (χ4n) is 1.72. The minimum Gasteiger partial charge on any atom is -0.292 e. The predicted molar refractivity (Wildman–Crippen MR) is 52.1 cm³/mol. The average molecular weight is 229 g/mol. The van der Waals surface area contributed by atoms with Gasteiger partial charge in [-0.2, -0.15) is 0 Å². The van der Waals surface area contributed by atoms with Crippen molar-refractivity contribution >= 4 is 15.6 Å². The van der Waals surface area contributed by atoms with E-state index in [1.54, 1.807) is 7.05 Å². The molecular formula is C8H11N3O3S. The normalized spacial score (nSPS) is 24.2. The van der Waals surface area contributed by atoms with Crippen molar-refractivity contribution in [2.24, 2.45) is 13.0 Å². The molecule has 1 aromatic heterocycles.